The summed E-state index contributed by atoms with van der Waals surface area (Å²) in [6.45, 7) is 2.90. The number of hydrogen-bond donors (Lipinski definition) is 1. The Morgan fingerprint density at radius 2 is 1.69 bits per heavy atom. The Kier molecular flexibility index (Phi) is 7.81. The van der Waals surface area contributed by atoms with E-state index in [9.17, 15) is 22.0 Å². The predicted octanol–water partition coefficient (Wildman–Crippen LogP) is 2.53. The van der Waals surface area contributed by atoms with Crippen LogP contribution in [0.1, 0.15) is 16.7 Å². The van der Waals surface area contributed by atoms with Gasteiger partial charge >= 0.3 is 6.61 Å². The van der Waals surface area contributed by atoms with Gasteiger partial charge in [-0.2, -0.15) is 13.1 Å². The summed E-state index contributed by atoms with van der Waals surface area (Å²) in [6, 6.07) is 11.2. The molecule has 0 atom stereocenters. The molecule has 0 spiro atoms. The number of carbonyl (C=O) groups excluding carboxylic acids is 1. The van der Waals surface area contributed by atoms with Crippen LogP contribution < -0.4 is 10.1 Å². The van der Waals surface area contributed by atoms with Crippen molar-refractivity contribution in [1.29, 1.82) is 0 Å². The van der Waals surface area contributed by atoms with Crippen molar-refractivity contribution < 1.29 is 26.7 Å². The molecule has 0 unspecified atom stereocenters. The Morgan fingerprint density at radius 1 is 1.03 bits per heavy atom. The summed E-state index contributed by atoms with van der Waals surface area (Å²) >= 11 is 0. The van der Waals surface area contributed by atoms with E-state index in [1.807, 2.05) is 24.8 Å². The van der Waals surface area contributed by atoms with Gasteiger partial charge in [-0.05, 0) is 54.8 Å². The molecule has 3 rings (SSSR count). The van der Waals surface area contributed by atoms with Gasteiger partial charge in [0.15, 0.2) is 0 Å². The number of benzene rings is 2. The van der Waals surface area contributed by atoms with E-state index in [2.05, 4.69) is 10.1 Å². The predicted molar refractivity (Wildman–Crippen MR) is 116 cm³/mol. The summed E-state index contributed by atoms with van der Waals surface area (Å²) in [5.41, 5.74) is 2.72. The fraction of sp³-hybridized carbons (Fsp3) is 0.409. The van der Waals surface area contributed by atoms with Crippen LogP contribution in [0.5, 0.6) is 5.75 Å². The van der Waals surface area contributed by atoms with Crippen LogP contribution in [0, 0.1) is 13.8 Å². The lowest BCUT2D eigenvalue weighted by atomic mass is 10.1. The molecule has 0 saturated carbocycles. The first-order valence-electron chi connectivity index (χ1n) is 10.3. The normalized spacial score (nSPS) is 15.7. The number of piperazine rings is 1. The first-order valence-corrected chi connectivity index (χ1v) is 11.7. The van der Waals surface area contributed by atoms with Crippen molar-refractivity contribution in [3.05, 3.63) is 59.2 Å². The monoisotopic (exact) mass is 467 g/mol. The van der Waals surface area contributed by atoms with Gasteiger partial charge in [0.05, 0.1) is 11.4 Å². The molecule has 1 fully saturated rings. The molecule has 0 bridgehead atoms. The number of aryl methyl sites for hydroxylation is 2. The van der Waals surface area contributed by atoms with Crippen molar-refractivity contribution in [2.45, 2.75) is 31.9 Å². The molecule has 1 amide bonds. The fourth-order valence-electron chi connectivity index (χ4n) is 3.40. The highest BCUT2D eigenvalue weighted by Gasteiger charge is 2.29. The van der Waals surface area contributed by atoms with Crippen molar-refractivity contribution in [1.82, 2.24) is 14.5 Å². The second-order valence-corrected chi connectivity index (χ2v) is 9.66. The molecule has 2 aromatic carbocycles. The standard InChI is InChI=1S/C22H27F2N3O4S/c1-16-3-8-20(13-17(16)2)32(29,30)27-11-9-26(10-12-27)15-21(28)25-14-18-4-6-19(7-5-18)31-22(23)24/h3-8,13,22H,9-12,14-15H2,1-2H3,(H,25,28). The maximum atomic E-state index is 12.9. The number of rotatable bonds is 8. The summed E-state index contributed by atoms with van der Waals surface area (Å²) in [7, 11) is -3.56. The minimum atomic E-state index is -3.56. The third-order valence-electron chi connectivity index (χ3n) is 5.45. The van der Waals surface area contributed by atoms with E-state index in [4.69, 9.17) is 0 Å². The van der Waals surface area contributed by atoms with Gasteiger partial charge in [-0.25, -0.2) is 8.42 Å². The number of ether oxygens (including phenoxy) is 1. The number of halogens is 2. The lowest BCUT2D eigenvalue weighted by Crippen LogP contribution is -2.51. The molecular weight excluding hydrogens is 440 g/mol. The highest BCUT2D eigenvalue weighted by molar-refractivity contribution is 7.89. The minimum Gasteiger partial charge on any atom is -0.435 e. The lowest BCUT2D eigenvalue weighted by Gasteiger charge is -2.33. The van der Waals surface area contributed by atoms with Crippen molar-refractivity contribution in [3.8, 4) is 5.75 Å². The average molecular weight is 468 g/mol. The van der Waals surface area contributed by atoms with Crippen LogP contribution in [0.3, 0.4) is 0 Å². The van der Waals surface area contributed by atoms with Gasteiger partial charge in [-0.1, -0.05) is 18.2 Å². The molecule has 0 aromatic heterocycles. The summed E-state index contributed by atoms with van der Waals surface area (Å²) in [6.07, 6.45) is 0. The Labute approximate surface area is 187 Å². The van der Waals surface area contributed by atoms with Gasteiger partial charge in [0.2, 0.25) is 15.9 Å². The van der Waals surface area contributed by atoms with Gasteiger partial charge in [-0.3, -0.25) is 9.69 Å². The van der Waals surface area contributed by atoms with Gasteiger partial charge in [-0.15, -0.1) is 0 Å². The van der Waals surface area contributed by atoms with Crippen molar-refractivity contribution >= 4 is 15.9 Å². The summed E-state index contributed by atoms with van der Waals surface area (Å²) < 4.78 is 55.9. The number of alkyl halides is 2. The molecule has 32 heavy (non-hydrogen) atoms. The van der Waals surface area contributed by atoms with Crippen LogP contribution >= 0.6 is 0 Å². The third-order valence-corrected chi connectivity index (χ3v) is 7.35. The second-order valence-electron chi connectivity index (χ2n) is 7.73. The molecule has 0 radical (unpaired) electrons. The van der Waals surface area contributed by atoms with Crippen molar-refractivity contribution in [3.63, 3.8) is 0 Å². The summed E-state index contributed by atoms with van der Waals surface area (Å²) in [5, 5.41) is 2.78. The molecule has 0 aliphatic carbocycles. The SMILES string of the molecule is Cc1ccc(S(=O)(=O)N2CCN(CC(=O)NCc3ccc(OC(F)F)cc3)CC2)cc1C. The Bertz CT molecular complexity index is 1040. The smallest absolute Gasteiger partial charge is 0.387 e. The zero-order valence-corrected chi connectivity index (χ0v) is 18.9. The Morgan fingerprint density at radius 3 is 2.28 bits per heavy atom. The van der Waals surface area contributed by atoms with E-state index in [1.54, 1.807) is 24.3 Å². The molecule has 7 nitrogen and oxygen atoms in total. The molecule has 1 heterocycles. The Balaban J connectivity index is 1.46. The molecule has 1 aliphatic heterocycles. The maximum Gasteiger partial charge on any atom is 0.387 e. The zero-order valence-electron chi connectivity index (χ0n) is 18.1. The van der Waals surface area contributed by atoms with E-state index < -0.39 is 16.6 Å². The zero-order chi connectivity index (χ0) is 23.3. The van der Waals surface area contributed by atoms with Gasteiger partial charge in [0.25, 0.3) is 0 Å². The van der Waals surface area contributed by atoms with E-state index in [0.29, 0.717) is 26.2 Å². The van der Waals surface area contributed by atoms with E-state index >= 15 is 0 Å². The summed E-state index contributed by atoms with van der Waals surface area (Å²) in [4.78, 5) is 14.5. The van der Waals surface area contributed by atoms with E-state index in [0.717, 1.165) is 16.7 Å². The van der Waals surface area contributed by atoms with Crippen LogP contribution in [0.2, 0.25) is 0 Å². The number of amides is 1. The lowest BCUT2D eigenvalue weighted by molar-refractivity contribution is -0.122. The second kappa shape index (κ2) is 10.4. The largest absolute Gasteiger partial charge is 0.435 e. The molecule has 2 aromatic rings. The number of carbonyl (C=O) groups is 1. The first-order chi connectivity index (χ1) is 15.1. The molecular formula is C22H27F2N3O4S. The third kappa shape index (κ3) is 6.24. The molecule has 1 aliphatic rings. The van der Waals surface area contributed by atoms with Crippen LogP contribution in [0.15, 0.2) is 47.4 Å². The maximum absolute atomic E-state index is 12.9. The van der Waals surface area contributed by atoms with Crippen LogP contribution in [-0.2, 0) is 21.4 Å². The van der Waals surface area contributed by atoms with Crippen molar-refractivity contribution in [2.24, 2.45) is 0 Å². The number of nitrogens with zero attached hydrogens (tertiary/aromatic N) is 2. The number of hydrogen-bond acceptors (Lipinski definition) is 5. The highest BCUT2D eigenvalue weighted by atomic mass is 32.2. The quantitative estimate of drug-likeness (QED) is 0.646. The Hall–Kier alpha value is -2.56. The minimum absolute atomic E-state index is 0.0590. The number of nitrogens with one attached hydrogen (secondary N) is 1. The van der Waals surface area contributed by atoms with E-state index in [-0.39, 0.29) is 29.6 Å². The van der Waals surface area contributed by atoms with Gasteiger partial charge in [0, 0.05) is 32.7 Å². The van der Waals surface area contributed by atoms with Crippen LogP contribution in [0.4, 0.5) is 8.78 Å². The van der Waals surface area contributed by atoms with Gasteiger partial charge in [0.1, 0.15) is 5.75 Å². The van der Waals surface area contributed by atoms with E-state index in [1.165, 1.54) is 16.4 Å². The van der Waals surface area contributed by atoms with Gasteiger partial charge < -0.3 is 10.1 Å². The molecule has 1 saturated heterocycles. The van der Waals surface area contributed by atoms with Crippen LogP contribution in [-0.4, -0.2) is 62.9 Å². The van der Waals surface area contributed by atoms with Crippen molar-refractivity contribution in [2.75, 3.05) is 32.7 Å². The molecule has 174 valence electrons. The topological polar surface area (TPSA) is 79.0 Å². The first kappa shape index (κ1) is 24.1. The number of sulfonamides is 1. The molecule has 1 N–H and O–H groups in total. The fourth-order valence-corrected chi connectivity index (χ4v) is 4.91. The molecule has 10 heteroatoms. The highest BCUT2D eigenvalue weighted by Crippen LogP contribution is 2.20. The summed E-state index contributed by atoms with van der Waals surface area (Å²) in [5.74, 6) is -0.132. The average Bonchev–Trinajstić information content (AvgIpc) is 2.75. The van der Waals surface area contributed by atoms with Crippen LogP contribution in [0.25, 0.3) is 0 Å².